The Morgan fingerprint density at radius 3 is 2.42 bits per heavy atom. The van der Waals surface area contributed by atoms with Gasteiger partial charge < -0.3 is 20.3 Å². The molecule has 0 amide bonds. The maximum absolute atomic E-state index is 12.6. The van der Waals surface area contributed by atoms with Crippen LogP contribution in [0.4, 0.5) is 13.2 Å². The molecule has 1 unspecified atom stereocenters. The molecule has 2 N–H and O–H groups in total. The molecule has 0 aromatic heterocycles. The van der Waals surface area contributed by atoms with Crippen LogP contribution in [0.5, 0.6) is 5.75 Å². The summed E-state index contributed by atoms with van der Waals surface area (Å²) in [5, 5.41) is 6.58. The summed E-state index contributed by atoms with van der Waals surface area (Å²) in [6.45, 7) is 10.2. The molecule has 0 spiro atoms. The molecule has 6 nitrogen and oxygen atoms in total. The van der Waals surface area contributed by atoms with Gasteiger partial charge in [-0.3, -0.25) is 9.89 Å². The number of hydrogen-bond acceptors (Lipinski definition) is 4. The van der Waals surface area contributed by atoms with Gasteiger partial charge in [0.2, 0.25) is 0 Å². The molecule has 0 aliphatic carbocycles. The molecule has 0 bridgehead atoms. The first kappa shape index (κ1) is 25.3. The summed E-state index contributed by atoms with van der Waals surface area (Å²) in [5.74, 6) is 1.33. The van der Waals surface area contributed by atoms with Crippen molar-refractivity contribution >= 4 is 5.96 Å². The molecule has 176 valence electrons. The van der Waals surface area contributed by atoms with E-state index in [0.717, 1.165) is 38.3 Å². The van der Waals surface area contributed by atoms with Crippen LogP contribution in [-0.2, 0) is 6.54 Å². The molecule has 9 heteroatoms. The standard InChI is InChI=1S/C22H36F3N5O/c1-16(2)19(30-10-8-29(5)9-11-30)14-28-21(26-4)27-13-18-7-6-17(3)12-20(18)31-15-22(23,24)25/h6-7,12,16,19H,8-11,13-15H2,1-5H3,(H2,26,27,28). The van der Waals surface area contributed by atoms with E-state index in [1.54, 1.807) is 19.2 Å². The number of piperazine rings is 1. The molecule has 31 heavy (non-hydrogen) atoms. The van der Waals surface area contributed by atoms with E-state index < -0.39 is 12.8 Å². The van der Waals surface area contributed by atoms with Gasteiger partial charge in [-0.25, -0.2) is 0 Å². The average molecular weight is 444 g/mol. The quantitative estimate of drug-likeness (QED) is 0.478. The molecule has 1 aliphatic heterocycles. The van der Waals surface area contributed by atoms with Crippen molar-refractivity contribution in [1.82, 2.24) is 20.4 Å². The number of benzene rings is 1. The van der Waals surface area contributed by atoms with Gasteiger partial charge >= 0.3 is 6.18 Å². The maximum atomic E-state index is 12.6. The topological polar surface area (TPSA) is 52.1 Å². The predicted molar refractivity (Wildman–Crippen MR) is 119 cm³/mol. The van der Waals surface area contributed by atoms with Gasteiger partial charge in [0.1, 0.15) is 5.75 Å². The summed E-state index contributed by atoms with van der Waals surface area (Å²) in [7, 11) is 3.83. The lowest BCUT2D eigenvalue weighted by Gasteiger charge is -2.40. The number of nitrogens with zero attached hydrogens (tertiary/aromatic N) is 3. The summed E-state index contributed by atoms with van der Waals surface area (Å²) in [4.78, 5) is 9.11. The number of aryl methyl sites for hydroxylation is 1. The average Bonchev–Trinajstić information content (AvgIpc) is 2.70. The Labute approximate surface area is 183 Å². The van der Waals surface area contributed by atoms with E-state index in [0.29, 0.717) is 30.0 Å². The Hall–Kier alpha value is -2.00. The van der Waals surface area contributed by atoms with Crippen LogP contribution in [0.3, 0.4) is 0 Å². The monoisotopic (exact) mass is 443 g/mol. The largest absolute Gasteiger partial charge is 0.484 e. The Morgan fingerprint density at radius 1 is 1.16 bits per heavy atom. The number of likely N-dealkylation sites (N-methyl/N-ethyl adjacent to an activating group) is 1. The van der Waals surface area contributed by atoms with Crippen molar-refractivity contribution in [2.45, 2.75) is 39.5 Å². The minimum atomic E-state index is -4.37. The minimum Gasteiger partial charge on any atom is -0.484 e. The summed E-state index contributed by atoms with van der Waals surface area (Å²) in [6.07, 6.45) is -4.37. The summed E-state index contributed by atoms with van der Waals surface area (Å²) < 4.78 is 42.8. The Kier molecular flexibility index (Phi) is 9.43. The fourth-order valence-corrected chi connectivity index (χ4v) is 3.64. The van der Waals surface area contributed by atoms with E-state index in [1.807, 2.05) is 13.0 Å². The minimum absolute atomic E-state index is 0.234. The number of aliphatic imine (C=N–C) groups is 1. The lowest BCUT2D eigenvalue weighted by molar-refractivity contribution is -0.153. The van der Waals surface area contributed by atoms with Gasteiger partial charge in [-0.2, -0.15) is 13.2 Å². The highest BCUT2D eigenvalue weighted by atomic mass is 19.4. The lowest BCUT2D eigenvalue weighted by Crippen LogP contribution is -2.55. The molecular formula is C22H36F3N5O. The Morgan fingerprint density at radius 2 is 1.84 bits per heavy atom. The molecule has 1 aromatic rings. The van der Waals surface area contributed by atoms with Crippen LogP contribution in [0.25, 0.3) is 0 Å². The van der Waals surface area contributed by atoms with Crippen molar-refractivity contribution in [2.75, 3.05) is 53.4 Å². The number of rotatable bonds is 8. The van der Waals surface area contributed by atoms with Crippen LogP contribution in [0.15, 0.2) is 23.2 Å². The van der Waals surface area contributed by atoms with Gasteiger partial charge in [-0.15, -0.1) is 0 Å². The fraction of sp³-hybridized carbons (Fsp3) is 0.682. The molecule has 1 aromatic carbocycles. The van der Waals surface area contributed by atoms with Crippen LogP contribution < -0.4 is 15.4 Å². The number of alkyl halides is 3. The Balaban J connectivity index is 1.94. The number of hydrogen-bond donors (Lipinski definition) is 2. The summed E-state index contributed by atoms with van der Waals surface area (Å²) >= 11 is 0. The van der Waals surface area contributed by atoms with E-state index in [9.17, 15) is 13.2 Å². The van der Waals surface area contributed by atoms with Crippen LogP contribution >= 0.6 is 0 Å². The molecule has 0 saturated carbocycles. The SMILES string of the molecule is CN=C(NCc1ccc(C)cc1OCC(F)(F)F)NCC(C(C)C)N1CCN(C)CC1. The first-order chi connectivity index (χ1) is 14.6. The Bertz CT molecular complexity index is 716. The third kappa shape index (κ3) is 8.57. The summed E-state index contributed by atoms with van der Waals surface area (Å²) in [5.41, 5.74) is 1.49. The smallest absolute Gasteiger partial charge is 0.422 e. The highest BCUT2D eigenvalue weighted by Crippen LogP contribution is 2.23. The molecule has 1 atom stereocenters. The normalized spacial score (nSPS) is 17.6. The lowest BCUT2D eigenvalue weighted by atomic mass is 10.0. The first-order valence-electron chi connectivity index (χ1n) is 10.7. The van der Waals surface area contributed by atoms with Crippen molar-refractivity contribution in [3.05, 3.63) is 29.3 Å². The van der Waals surface area contributed by atoms with Crippen LogP contribution in [0.1, 0.15) is 25.0 Å². The number of nitrogens with one attached hydrogen (secondary N) is 2. The number of halogens is 3. The fourth-order valence-electron chi connectivity index (χ4n) is 3.64. The van der Waals surface area contributed by atoms with Gasteiger partial charge in [0, 0.05) is 57.9 Å². The predicted octanol–water partition coefficient (Wildman–Crippen LogP) is 2.87. The number of guanidine groups is 1. The molecule has 1 fully saturated rings. The van der Waals surface area contributed by atoms with Gasteiger partial charge in [-0.1, -0.05) is 26.0 Å². The van der Waals surface area contributed by atoms with E-state index in [1.165, 1.54) is 0 Å². The number of ether oxygens (including phenoxy) is 1. The van der Waals surface area contributed by atoms with Crippen LogP contribution in [-0.4, -0.2) is 81.4 Å². The highest BCUT2D eigenvalue weighted by Gasteiger charge is 2.29. The van der Waals surface area contributed by atoms with E-state index in [4.69, 9.17) is 4.74 Å². The van der Waals surface area contributed by atoms with Crippen molar-refractivity contribution in [2.24, 2.45) is 10.9 Å². The second-order valence-corrected chi connectivity index (χ2v) is 8.47. The van der Waals surface area contributed by atoms with Crippen LogP contribution in [0.2, 0.25) is 0 Å². The van der Waals surface area contributed by atoms with E-state index in [-0.39, 0.29) is 5.75 Å². The van der Waals surface area contributed by atoms with Crippen molar-refractivity contribution < 1.29 is 17.9 Å². The molecular weight excluding hydrogens is 407 g/mol. The molecule has 2 rings (SSSR count). The molecule has 1 heterocycles. The van der Waals surface area contributed by atoms with Gasteiger partial charge in [-0.05, 0) is 31.5 Å². The molecule has 1 aliphatic rings. The maximum Gasteiger partial charge on any atom is 0.422 e. The third-order valence-corrected chi connectivity index (χ3v) is 5.54. The first-order valence-corrected chi connectivity index (χ1v) is 10.7. The zero-order chi connectivity index (χ0) is 23.0. The van der Waals surface area contributed by atoms with Gasteiger partial charge in [0.15, 0.2) is 12.6 Å². The van der Waals surface area contributed by atoms with Crippen molar-refractivity contribution in [1.29, 1.82) is 0 Å². The van der Waals surface area contributed by atoms with Gasteiger partial charge in [0.25, 0.3) is 0 Å². The van der Waals surface area contributed by atoms with Crippen molar-refractivity contribution in [3.63, 3.8) is 0 Å². The van der Waals surface area contributed by atoms with Crippen molar-refractivity contribution in [3.8, 4) is 5.75 Å². The third-order valence-electron chi connectivity index (χ3n) is 5.54. The molecule has 0 radical (unpaired) electrons. The van der Waals surface area contributed by atoms with Crippen LogP contribution in [0, 0.1) is 12.8 Å². The zero-order valence-corrected chi connectivity index (χ0v) is 19.2. The summed E-state index contributed by atoms with van der Waals surface area (Å²) in [6, 6.07) is 5.64. The van der Waals surface area contributed by atoms with Gasteiger partial charge in [0.05, 0.1) is 0 Å². The second kappa shape index (κ2) is 11.6. The second-order valence-electron chi connectivity index (χ2n) is 8.47. The zero-order valence-electron chi connectivity index (χ0n) is 19.2. The van der Waals surface area contributed by atoms with E-state index >= 15 is 0 Å². The molecule has 1 saturated heterocycles. The highest BCUT2D eigenvalue weighted by molar-refractivity contribution is 5.79. The van der Waals surface area contributed by atoms with E-state index in [2.05, 4.69) is 46.3 Å².